The van der Waals surface area contributed by atoms with Gasteiger partial charge in [0.15, 0.2) is 0 Å². The summed E-state index contributed by atoms with van der Waals surface area (Å²) in [4.78, 5) is 19.2. The summed E-state index contributed by atoms with van der Waals surface area (Å²) in [5, 5.41) is 18.3. The van der Waals surface area contributed by atoms with Gasteiger partial charge in [-0.05, 0) is 24.6 Å². The Balaban J connectivity index is 2.16. The van der Waals surface area contributed by atoms with E-state index in [0.717, 1.165) is 10.6 Å². The zero-order chi connectivity index (χ0) is 18.2. The van der Waals surface area contributed by atoms with Crippen LogP contribution in [0.2, 0.25) is 0 Å². The van der Waals surface area contributed by atoms with Gasteiger partial charge in [-0.1, -0.05) is 12.1 Å². The highest BCUT2D eigenvalue weighted by atomic mass is 32.1. The van der Waals surface area contributed by atoms with Crippen molar-refractivity contribution in [1.29, 1.82) is 10.5 Å². The van der Waals surface area contributed by atoms with Crippen molar-refractivity contribution in [3.05, 3.63) is 51.2 Å². The molecule has 0 aliphatic rings. The second-order valence-corrected chi connectivity index (χ2v) is 6.52. The van der Waals surface area contributed by atoms with Crippen molar-refractivity contribution in [3.8, 4) is 12.1 Å². The van der Waals surface area contributed by atoms with Gasteiger partial charge < -0.3 is 4.90 Å². The molecule has 0 atom stereocenters. The fraction of sp³-hybridized carbons (Fsp3) is 0.333. The summed E-state index contributed by atoms with van der Waals surface area (Å²) in [5.41, 5.74) is 1.55. The van der Waals surface area contributed by atoms with E-state index in [2.05, 4.69) is 4.98 Å². The van der Waals surface area contributed by atoms with Crippen molar-refractivity contribution in [2.24, 2.45) is 0 Å². The third-order valence-corrected chi connectivity index (χ3v) is 4.72. The molecular formula is C18H17FN4OS. The van der Waals surface area contributed by atoms with Crippen LogP contribution in [0.1, 0.15) is 38.8 Å². The summed E-state index contributed by atoms with van der Waals surface area (Å²) in [6.07, 6.45) is 0.963. The first kappa shape index (κ1) is 18.6. The maximum atomic E-state index is 13.0. The van der Waals surface area contributed by atoms with Crippen molar-refractivity contribution < 1.29 is 9.18 Å². The molecule has 1 aromatic heterocycles. The predicted octanol–water partition coefficient (Wildman–Crippen LogP) is 3.45. The molecule has 0 radical (unpaired) electrons. The van der Waals surface area contributed by atoms with Gasteiger partial charge in [0.25, 0.3) is 5.91 Å². The molecule has 128 valence electrons. The molecule has 0 saturated heterocycles. The number of benzene rings is 1. The summed E-state index contributed by atoms with van der Waals surface area (Å²) in [5.74, 6) is -0.494. The zero-order valence-corrected chi connectivity index (χ0v) is 14.6. The maximum absolute atomic E-state index is 13.0. The van der Waals surface area contributed by atoms with Gasteiger partial charge in [-0.3, -0.25) is 4.79 Å². The summed E-state index contributed by atoms with van der Waals surface area (Å²) >= 11 is 1.30. The fourth-order valence-electron chi connectivity index (χ4n) is 2.33. The third kappa shape index (κ3) is 5.10. The number of carbonyl (C=O) groups excluding carboxylic acids is 1. The van der Waals surface area contributed by atoms with Crippen molar-refractivity contribution in [2.45, 2.75) is 26.2 Å². The van der Waals surface area contributed by atoms with Gasteiger partial charge in [0.2, 0.25) is 0 Å². The largest absolute Gasteiger partial charge is 0.336 e. The smallest absolute Gasteiger partial charge is 0.265 e. The van der Waals surface area contributed by atoms with Gasteiger partial charge in [0.1, 0.15) is 10.7 Å². The molecule has 0 fully saturated rings. The number of hydrogen-bond donors (Lipinski definition) is 0. The zero-order valence-electron chi connectivity index (χ0n) is 13.8. The molecule has 0 saturated carbocycles. The van der Waals surface area contributed by atoms with Crippen LogP contribution in [-0.4, -0.2) is 28.9 Å². The Morgan fingerprint density at radius 2 is 1.80 bits per heavy atom. The average Bonchev–Trinajstić information content (AvgIpc) is 2.97. The number of thiazole rings is 1. The number of aromatic nitrogens is 1. The quantitative estimate of drug-likeness (QED) is 0.761. The molecule has 0 spiro atoms. The molecule has 0 bridgehead atoms. The fourth-order valence-corrected chi connectivity index (χ4v) is 3.40. The normalized spacial score (nSPS) is 10.1. The van der Waals surface area contributed by atoms with Gasteiger partial charge in [0.05, 0.1) is 35.7 Å². The number of rotatable bonds is 7. The lowest BCUT2D eigenvalue weighted by atomic mass is 10.1. The van der Waals surface area contributed by atoms with Crippen LogP contribution >= 0.6 is 11.3 Å². The Morgan fingerprint density at radius 1 is 1.20 bits per heavy atom. The van der Waals surface area contributed by atoms with E-state index in [0.29, 0.717) is 30.1 Å². The first-order chi connectivity index (χ1) is 12.0. The SMILES string of the molecule is Cc1nc(Cc2ccc(F)cc2)sc1C(=O)N(CCC#N)CCC#N. The molecule has 0 unspecified atom stereocenters. The van der Waals surface area contributed by atoms with Crippen molar-refractivity contribution in [3.63, 3.8) is 0 Å². The number of amides is 1. The van der Waals surface area contributed by atoms with E-state index in [9.17, 15) is 9.18 Å². The Morgan fingerprint density at radius 3 is 2.36 bits per heavy atom. The van der Waals surface area contributed by atoms with Gasteiger partial charge in [-0.25, -0.2) is 9.37 Å². The molecule has 2 rings (SSSR count). The lowest BCUT2D eigenvalue weighted by molar-refractivity contribution is 0.0766. The topological polar surface area (TPSA) is 80.8 Å². The van der Waals surface area contributed by atoms with E-state index >= 15 is 0 Å². The number of nitrogens with zero attached hydrogens (tertiary/aromatic N) is 4. The Kier molecular flexibility index (Phi) is 6.62. The Hall–Kier alpha value is -2.77. The molecule has 1 heterocycles. The van der Waals surface area contributed by atoms with Crippen LogP contribution in [-0.2, 0) is 6.42 Å². The molecule has 1 amide bonds. The number of carbonyl (C=O) groups is 1. The minimum absolute atomic E-state index is 0.203. The highest BCUT2D eigenvalue weighted by Gasteiger charge is 2.21. The number of nitriles is 2. The van der Waals surface area contributed by atoms with Gasteiger partial charge in [0, 0.05) is 19.5 Å². The third-order valence-electron chi connectivity index (χ3n) is 3.58. The summed E-state index contributed by atoms with van der Waals surface area (Å²) in [7, 11) is 0. The van der Waals surface area contributed by atoms with E-state index in [1.165, 1.54) is 28.4 Å². The van der Waals surface area contributed by atoms with Gasteiger partial charge in [-0.2, -0.15) is 10.5 Å². The molecule has 2 aromatic rings. The first-order valence-electron chi connectivity index (χ1n) is 7.79. The summed E-state index contributed by atoms with van der Waals surface area (Å²) < 4.78 is 13.0. The van der Waals surface area contributed by atoms with Gasteiger partial charge in [-0.15, -0.1) is 11.3 Å². The van der Waals surface area contributed by atoms with Crippen LogP contribution in [0.4, 0.5) is 4.39 Å². The molecule has 0 aliphatic carbocycles. The lowest BCUT2D eigenvalue weighted by Crippen LogP contribution is -2.32. The second-order valence-electron chi connectivity index (χ2n) is 5.43. The van der Waals surface area contributed by atoms with Crippen LogP contribution in [0, 0.1) is 35.4 Å². The van der Waals surface area contributed by atoms with Crippen LogP contribution in [0.15, 0.2) is 24.3 Å². The molecule has 0 aliphatic heterocycles. The van der Waals surface area contributed by atoms with Crippen molar-refractivity contribution in [1.82, 2.24) is 9.88 Å². The molecule has 0 N–H and O–H groups in total. The standard InChI is InChI=1S/C18H17FN4OS/c1-13-17(18(24)23(10-2-8-20)11-3-9-21)25-16(22-13)12-14-4-6-15(19)7-5-14/h4-7H,2-3,10-12H2,1H3. The van der Waals surface area contributed by atoms with Crippen molar-refractivity contribution in [2.75, 3.05) is 13.1 Å². The molecule has 25 heavy (non-hydrogen) atoms. The van der Waals surface area contributed by atoms with Crippen LogP contribution in [0.3, 0.4) is 0 Å². The lowest BCUT2D eigenvalue weighted by Gasteiger charge is -2.19. The van der Waals surface area contributed by atoms with E-state index in [1.54, 1.807) is 19.1 Å². The predicted molar refractivity (Wildman–Crippen MR) is 92.4 cm³/mol. The minimum atomic E-state index is -0.291. The van der Waals surface area contributed by atoms with Crippen LogP contribution in [0.25, 0.3) is 0 Å². The molecule has 1 aromatic carbocycles. The van der Waals surface area contributed by atoms with Crippen molar-refractivity contribution >= 4 is 17.2 Å². The Labute approximate surface area is 150 Å². The van der Waals surface area contributed by atoms with E-state index in [-0.39, 0.29) is 24.6 Å². The van der Waals surface area contributed by atoms with Crippen LogP contribution in [0.5, 0.6) is 0 Å². The number of halogens is 1. The number of aryl methyl sites for hydroxylation is 1. The average molecular weight is 356 g/mol. The van der Waals surface area contributed by atoms with Crippen LogP contribution < -0.4 is 0 Å². The summed E-state index contributed by atoms with van der Waals surface area (Å²) in [6.45, 7) is 2.36. The Bertz CT molecular complexity index is 799. The highest BCUT2D eigenvalue weighted by molar-refractivity contribution is 7.13. The molecular weight excluding hydrogens is 339 g/mol. The maximum Gasteiger partial charge on any atom is 0.265 e. The minimum Gasteiger partial charge on any atom is -0.336 e. The first-order valence-corrected chi connectivity index (χ1v) is 8.60. The van der Waals surface area contributed by atoms with E-state index < -0.39 is 0 Å². The highest BCUT2D eigenvalue weighted by Crippen LogP contribution is 2.23. The monoisotopic (exact) mass is 356 g/mol. The van der Waals surface area contributed by atoms with E-state index in [1.807, 2.05) is 12.1 Å². The van der Waals surface area contributed by atoms with Gasteiger partial charge >= 0.3 is 0 Å². The molecule has 5 nitrogen and oxygen atoms in total. The van der Waals surface area contributed by atoms with E-state index in [4.69, 9.17) is 10.5 Å². The molecule has 7 heteroatoms. The number of hydrogen-bond acceptors (Lipinski definition) is 5. The second kappa shape index (κ2) is 8.91. The summed E-state index contributed by atoms with van der Waals surface area (Å²) in [6, 6.07) is 10.2.